The lowest BCUT2D eigenvalue weighted by Crippen LogP contribution is -2.36. The number of hydrogen-bond donors (Lipinski definition) is 1. The van der Waals surface area contributed by atoms with E-state index >= 15 is 0 Å². The zero-order valence-electron chi connectivity index (χ0n) is 12.4. The Bertz CT molecular complexity index is 846. The molecule has 1 amide bonds. The number of quaternary nitrogens is 1. The Morgan fingerprint density at radius 2 is 1.88 bits per heavy atom. The summed E-state index contributed by atoms with van der Waals surface area (Å²) in [5, 5.41) is 12.7. The molecule has 0 fully saturated rings. The summed E-state index contributed by atoms with van der Waals surface area (Å²) in [6.07, 6.45) is -2.29. The van der Waals surface area contributed by atoms with E-state index in [0.29, 0.717) is 11.1 Å². The van der Waals surface area contributed by atoms with Crippen LogP contribution < -0.4 is 5.73 Å². The van der Waals surface area contributed by atoms with Crippen molar-refractivity contribution in [3.63, 3.8) is 0 Å². The maximum atomic E-state index is 12.8. The monoisotopic (exact) mass is 334 g/mol. The molecule has 7 heteroatoms. The smallest absolute Gasteiger partial charge is 0.416 e. The second kappa shape index (κ2) is 5.47. The van der Waals surface area contributed by atoms with Crippen molar-refractivity contribution in [2.45, 2.75) is 12.7 Å². The lowest BCUT2D eigenvalue weighted by atomic mass is 10.1. The number of amides is 1. The van der Waals surface area contributed by atoms with E-state index < -0.39 is 22.3 Å². The van der Waals surface area contributed by atoms with E-state index in [4.69, 9.17) is 5.73 Å². The first-order valence-corrected chi connectivity index (χ1v) is 7.08. The molecule has 1 unspecified atom stereocenters. The SMILES string of the molecule is Nc1cc(/C=C/[N+]2([O-])Cc3ccccc3C2=O)cc(C(F)(F)F)c1. The molecule has 0 saturated heterocycles. The molecule has 0 radical (unpaired) electrons. The fourth-order valence-electron chi connectivity index (χ4n) is 2.66. The predicted octanol–water partition coefficient (Wildman–Crippen LogP) is 3.93. The lowest BCUT2D eigenvalue weighted by molar-refractivity contribution is -0.751. The predicted molar refractivity (Wildman–Crippen MR) is 83.0 cm³/mol. The summed E-state index contributed by atoms with van der Waals surface area (Å²) >= 11 is 0. The van der Waals surface area contributed by atoms with E-state index in [1.807, 2.05) is 0 Å². The van der Waals surface area contributed by atoms with E-state index in [0.717, 1.165) is 18.3 Å². The van der Waals surface area contributed by atoms with E-state index in [-0.39, 0.29) is 17.8 Å². The number of carbonyl (C=O) groups excluding carboxylic acids is 1. The van der Waals surface area contributed by atoms with Gasteiger partial charge in [0.2, 0.25) is 0 Å². The van der Waals surface area contributed by atoms with Gasteiger partial charge in [0, 0.05) is 11.3 Å². The first-order valence-electron chi connectivity index (χ1n) is 7.08. The van der Waals surface area contributed by atoms with Crippen LogP contribution in [0.15, 0.2) is 48.7 Å². The number of hydrogen-bond acceptors (Lipinski definition) is 3. The van der Waals surface area contributed by atoms with Gasteiger partial charge < -0.3 is 10.9 Å². The quantitative estimate of drug-likeness (QED) is 0.514. The standard InChI is InChI=1S/C17H13F3N2O2/c18-17(19,20)13-7-11(8-14(21)9-13)5-6-22(24)10-12-3-1-2-4-15(12)16(22)23/h1-9H,10,21H2/b6-5+. The van der Waals surface area contributed by atoms with Crippen LogP contribution in [0.25, 0.3) is 6.08 Å². The van der Waals surface area contributed by atoms with Gasteiger partial charge in [-0.05, 0) is 35.9 Å². The first kappa shape index (κ1) is 16.2. The normalized spacial score (nSPS) is 20.6. The summed E-state index contributed by atoms with van der Waals surface area (Å²) in [4.78, 5) is 12.2. The number of alkyl halides is 3. The van der Waals surface area contributed by atoms with Crippen molar-refractivity contribution in [2.75, 3.05) is 5.73 Å². The largest absolute Gasteiger partial charge is 0.620 e. The zero-order valence-corrected chi connectivity index (χ0v) is 12.4. The molecule has 1 atom stereocenters. The van der Waals surface area contributed by atoms with Gasteiger partial charge in [0.05, 0.1) is 11.1 Å². The Morgan fingerprint density at radius 1 is 1.17 bits per heavy atom. The van der Waals surface area contributed by atoms with Crippen LogP contribution in [0.2, 0.25) is 0 Å². The molecule has 2 aromatic rings. The second-order valence-corrected chi connectivity index (χ2v) is 5.62. The highest BCUT2D eigenvalue weighted by atomic mass is 19.4. The number of rotatable bonds is 2. The number of nitrogens with two attached hydrogens (primary N) is 1. The third kappa shape index (κ3) is 2.91. The van der Waals surface area contributed by atoms with Crippen LogP contribution in [0.5, 0.6) is 0 Å². The highest BCUT2D eigenvalue weighted by Gasteiger charge is 2.37. The van der Waals surface area contributed by atoms with E-state index in [9.17, 15) is 23.2 Å². The number of hydroxylamine groups is 3. The summed E-state index contributed by atoms with van der Waals surface area (Å²) < 4.78 is 37.2. The van der Waals surface area contributed by atoms with Crippen LogP contribution in [-0.4, -0.2) is 10.6 Å². The number of anilines is 1. The Hall–Kier alpha value is -2.64. The Labute approximate surface area is 135 Å². The molecule has 0 aromatic heterocycles. The fraction of sp³-hybridized carbons (Fsp3) is 0.118. The fourth-order valence-corrected chi connectivity index (χ4v) is 2.66. The number of fused-ring (bicyclic) bond motifs is 1. The van der Waals surface area contributed by atoms with Gasteiger partial charge in [0.25, 0.3) is 0 Å². The lowest BCUT2D eigenvalue weighted by Gasteiger charge is -2.30. The van der Waals surface area contributed by atoms with Gasteiger partial charge in [-0.2, -0.15) is 13.2 Å². The molecule has 0 spiro atoms. The van der Waals surface area contributed by atoms with Crippen molar-refractivity contribution < 1.29 is 22.6 Å². The average molecular weight is 334 g/mol. The molecule has 0 bridgehead atoms. The van der Waals surface area contributed by atoms with Gasteiger partial charge in [-0.25, -0.2) is 4.79 Å². The highest BCUT2D eigenvalue weighted by molar-refractivity contribution is 5.93. The molecule has 2 aromatic carbocycles. The maximum absolute atomic E-state index is 12.8. The van der Waals surface area contributed by atoms with Crippen LogP contribution in [0, 0.1) is 5.21 Å². The molecule has 1 aliphatic rings. The number of nitrogens with zero attached hydrogens (tertiary/aromatic N) is 1. The second-order valence-electron chi connectivity index (χ2n) is 5.62. The number of benzene rings is 2. The van der Waals surface area contributed by atoms with Crippen LogP contribution in [0.4, 0.5) is 18.9 Å². The Morgan fingerprint density at radius 3 is 2.54 bits per heavy atom. The number of halogens is 3. The molecule has 3 rings (SSSR count). The van der Waals surface area contributed by atoms with Gasteiger partial charge in [-0.3, -0.25) is 4.65 Å². The summed E-state index contributed by atoms with van der Waals surface area (Å²) in [7, 11) is 0. The van der Waals surface area contributed by atoms with Gasteiger partial charge in [0.1, 0.15) is 12.7 Å². The first-order chi connectivity index (χ1) is 11.2. The highest BCUT2D eigenvalue weighted by Crippen LogP contribution is 2.33. The maximum Gasteiger partial charge on any atom is 0.416 e. The van der Waals surface area contributed by atoms with Crippen LogP contribution in [0.1, 0.15) is 27.0 Å². The van der Waals surface area contributed by atoms with Crippen molar-refractivity contribution >= 4 is 17.7 Å². The molecule has 0 saturated carbocycles. The minimum atomic E-state index is -4.54. The third-order valence-corrected chi connectivity index (χ3v) is 3.81. The average Bonchev–Trinajstić information content (AvgIpc) is 2.76. The van der Waals surface area contributed by atoms with Gasteiger partial charge in [-0.1, -0.05) is 18.2 Å². The van der Waals surface area contributed by atoms with Crippen molar-refractivity contribution in [3.8, 4) is 0 Å². The van der Waals surface area contributed by atoms with Gasteiger partial charge in [0.15, 0.2) is 0 Å². The summed E-state index contributed by atoms with van der Waals surface area (Å²) in [5.41, 5.74) is 5.57. The van der Waals surface area contributed by atoms with Crippen molar-refractivity contribution in [1.82, 2.24) is 0 Å². The van der Waals surface area contributed by atoms with E-state index in [1.165, 1.54) is 12.1 Å². The molecule has 4 nitrogen and oxygen atoms in total. The Balaban J connectivity index is 1.92. The van der Waals surface area contributed by atoms with Crippen LogP contribution >= 0.6 is 0 Å². The summed E-state index contributed by atoms with van der Waals surface area (Å²) in [5.74, 6) is -0.637. The summed E-state index contributed by atoms with van der Waals surface area (Å²) in [6, 6.07) is 9.63. The van der Waals surface area contributed by atoms with Crippen molar-refractivity contribution in [1.29, 1.82) is 0 Å². The molecule has 2 N–H and O–H groups in total. The molecule has 1 heterocycles. The van der Waals surface area contributed by atoms with E-state index in [1.54, 1.807) is 24.3 Å². The molecular weight excluding hydrogens is 321 g/mol. The van der Waals surface area contributed by atoms with Crippen LogP contribution in [-0.2, 0) is 12.7 Å². The number of nitrogen functional groups attached to an aromatic ring is 1. The topological polar surface area (TPSA) is 66.2 Å². The third-order valence-electron chi connectivity index (χ3n) is 3.81. The molecule has 24 heavy (non-hydrogen) atoms. The zero-order chi connectivity index (χ0) is 17.5. The summed E-state index contributed by atoms with van der Waals surface area (Å²) in [6.45, 7) is -0.0834. The molecule has 124 valence electrons. The Kier molecular flexibility index (Phi) is 3.70. The number of carbonyl (C=O) groups is 1. The molecular formula is C17H13F3N2O2. The minimum Gasteiger partial charge on any atom is -0.620 e. The van der Waals surface area contributed by atoms with Gasteiger partial charge >= 0.3 is 12.1 Å². The molecule has 1 aliphatic heterocycles. The minimum absolute atomic E-state index is 0.0713. The molecule has 0 aliphatic carbocycles. The van der Waals surface area contributed by atoms with Gasteiger partial charge in [-0.15, -0.1) is 0 Å². The van der Waals surface area contributed by atoms with Crippen LogP contribution in [0.3, 0.4) is 0 Å². The van der Waals surface area contributed by atoms with E-state index in [2.05, 4.69) is 0 Å². The van der Waals surface area contributed by atoms with Crippen molar-refractivity contribution in [2.24, 2.45) is 0 Å². The van der Waals surface area contributed by atoms with Crippen molar-refractivity contribution in [3.05, 3.63) is 76.1 Å².